The highest BCUT2D eigenvalue weighted by atomic mass is 16.2. The minimum atomic E-state index is 0.0713. The lowest BCUT2D eigenvalue weighted by atomic mass is 9.83. The van der Waals surface area contributed by atoms with Crippen molar-refractivity contribution in [2.75, 3.05) is 6.54 Å². The lowest BCUT2D eigenvalue weighted by Crippen LogP contribution is -2.43. The maximum Gasteiger partial charge on any atom is 0.241 e. The van der Waals surface area contributed by atoms with E-state index in [-0.39, 0.29) is 6.04 Å². The van der Waals surface area contributed by atoms with E-state index in [0.29, 0.717) is 23.9 Å². The van der Waals surface area contributed by atoms with Crippen molar-refractivity contribution in [3.8, 4) is 0 Å². The van der Waals surface area contributed by atoms with Crippen LogP contribution in [0, 0.1) is 17.8 Å². The molecule has 3 fully saturated rings. The van der Waals surface area contributed by atoms with Crippen molar-refractivity contribution >= 4 is 5.91 Å². The Labute approximate surface area is 129 Å². The molecular formula is C18H32N2O. The zero-order valence-electron chi connectivity index (χ0n) is 13.8. The molecule has 0 radical (unpaired) electrons. The highest BCUT2D eigenvalue weighted by molar-refractivity contribution is 5.84. The van der Waals surface area contributed by atoms with Crippen LogP contribution in [0.4, 0.5) is 0 Å². The maximum absolute atomic E-state index is 12.9. The molecule has 3 unspecified atom stereocenters. The van der Waals surface area contributed by atoms with Gasteiger partial charge in [-0.05, 0) is 37.0 Å². The maximum atomic E-state index is 12.9. The fraction of sp³-hybridized carbons (Fsp3) is 0.944. The minimum Gasteiger partial charge on any atom is -0.325 e. The van der Waals surface area contributed by atoms with Gasteiger partial charge in [-0.1, -0.05) is 52.4 Å². The molecule has 3 rings (SSSR count). The van der Waals surface area contributed by atoms with Crippen molar-refractivity contribution in [1.29, 1.82) is 0 Å². The second-order valence-electron chi connectivity index (χ2n) is 7.64. The number of carbonyl (C=O) groups is 1. The van der Waals surface area contributed by atoms with Crippen molar-refractivity contribution in [1.82, 2.24) is 10.2 Å². The van der Waals surface area contributed by atoms with Gasteiger partial charge >= 0.3 is 0 Å². The molecule has 3 atom stereocenters. The highest BCUT2D eigenvalue weighted by Gasteiger charge is 2.44. The largest absolute Gasteiger partial charge is 0.325 e. The summed E-state index contributed by atoms with van der Waals surface area (Å²) in [5.74, 6) is 2.43. The zero-order chi connectivity index (χ0) is 14.8. The summed E-state index contributed by atoms with van der Waals surface area (Å²) >= 11 is 0. The first-order valence-electron chi connectivity index (χ1n) is 9.27. The standard InChI is InChI=1S/C18H32N2O/c1-3-13(2)16-18(21)20(12-11-14-7-6-8-14)17(19-16)15-9-4-5-10-15/h13-17,19H,3-12H2,1-2H3. The van der Waals surface area contributed by atoms with Crippen molar-refractivity contribution in [3.05, 3.63) is 0 Å². The Morgan fingerprint density at radius 3 is 2.48 bits per heavy atom. The van der Waals surface area contributed by atoms with Crippen LogP contribution in [-0.2, 0) is 4.79 Å². The number of nitrogens with one attached hydrogen (secondary N) is 1. The van der Waals surface area contributed by atoms with Crippen LogP contribution in [0.2, 0.25) is 0 Å². The van der Waals surface area contributed by atoms with E-state index in [1.54, 1.807) is 0 Å². The van der Waals surface area contributed by atoms with Gasteiger partial charge in [0.05, 0.1) is 12.2 Å². The first-order chi connectivity index (χ1) is 10.2. The molecule has 1 amide bonds. The Morgan fingerprint density at radius 2 is 1.90 bits per heavy atom. The van der Waals surface area contributed by atoms with Crippen molar-refractivity contribution in [2.24, 2.45) is 17.8 Å². The van der Waals surface area contributed by atoms with Crippen molar-refractivity contribution in [3.63, 3.8) is 0 Å². The summed E-state index contributed by atoms with van der Waals surface area (Å²) in [5, 5.41) is 3.72. The molecule has 3 aliphatic rings. The predicted octanol–water partition coefficient (Wildman–Crippen LogP) is 3.54. The molecule has 0 aromatic heterocycles. The van der Waals surface area contributed by atoms with E-state index >= 15 is 0 Å². The van der Waals surface area contributed by atoms with Gasteiger partial charge in [-0.25, -0.2) is 0 Å². The van der Waals surface area contributed by atoms with Gasteiger partial charge in [0, 0.05) is 6.54 Å². The van der Waals surface area contributed by atoms with E-state index in [9.17, 15) is 4.79 Å². The molecule has 120 valence electrons. The van der Waals surface area contributed by atoms with Crippen molar-refractivity contribution in [2.45, 2.75) is 83.8 Å². The molecule has 0 spiro atoms. The summed E-state index contributed by atoms with van der Waals surface area (Å²) in [6.07, 6.45) is 12.1. The third-order valence-electron chi connectivity index (χ3n) is 6.30. The van der Waals surface area contributed by atoms with E-state index in [2.05, 4.69) is 24.1 Å². The zero-order valence-corrected chi connectivity index (χ0v) is 13.8. The summed E-state index contributed by atoms with van der Waals surface area (Å²) in [7, 11) is 0. The first kappa shape index (κ1) is 15.3. The van der Waals surface area contributed by atoms with Crippen LogP contribution in [0.25, 0.3) is 0 Å². The number of carbonyl (C=O) groups excluding carboxylic acids is 1. The number of nitrogens with zero attached hydrogens (tertiary/aromatic N) is 1. The molecule has 1 heterocycles. The first-order valence-corrected chi connectivity index (χ1v) is 9.27. The number of hydrogen-bond donors (Lipinski definition) is 1. The number of rotatable bonds is 6. The van der Waals surface area contributed by atoms with Gasteiger partial charge in [0.25, 0.3) is 0 Å². The van der Waals surface area contributed by atoms with Gasteiger partial charge < -0.3 is 4.90 Å². The molecule has 1 N–H and O–H groups in total. The molecule has 21 heavy (non-hydrogen) atoms. The van der Waals surface area contributed by atoms with Crippen LogP contribution in [0.3, 0.4) is 0 Å². The molecule has 1 saturated heterocycles. The summed E-state index contributed by atoms with van der Waals surface area (Å²) in [5.41, 5.74) is 0. The molecule has 0 aromatic carbocycles. The smallest absolute Gasteiger partial charge is 0.241 e. The van der Waals surface area contributed by atoms with Crippen LogP contribution < -0.4 is 5.32 Å². The fourth-order valence-corrected chi connectivity index (χ4v) is 4.32. The normalized spacial score (nSPS) is 32.7. The molecule has 0 aromatic rings. The van der Waals surface area contributed by atoms with Crippen LogP contribution >= 0.6 is 0 Å². The van der Waals surface area contributed by atoms with Crippen LogP contribution in [0.15, 0.2) is 0 Å². The molecule has 2 aliphatic carbocycles. The van der Waals surface area contributed by atoms with Crippen LogP contribution in [0.5, 0.6) is 0 Å². The number of amides is 1. The third-order valence-corrected chi connectivity index (χ3v) is 6.30. The molecule has 3 nitrogen and oxygen atoms in total. The van der Waals surface area contributed by atoms with Crippen molar-refractivity contribution < 1.29 is 4.79 Å². The van der Waals surface area contributed by atoms with E-state index in [0.717, 1.165) is 18.9 Å². The molecule has 2 saturated carbocycles. The summed E-state index contributed by atoms with van der Waals surface area (Å²) < 4.78 is 0. The number of hydrogen-bond acceptors (Lipinski definition) is 2. The van der Waals surface area contributed by atoms with E-state index in [1.165, 1.54) is 51.4 Å². The molecule has 3 heteroatoms. The lowest BCUT2D eigenvalue weighted by Gasteiger charge is -2.32. The third kappa shape index (κ3) is 3.13. The molecule has 0 bridgehead atoms. The summed E-state index contributed by atoms with van der Waals surface area (Å²) in [6.45, 7) is 5.41. The van der Waals surface area contributed by atoms with E-state index < -0.39 is 0 Å². The van der Waals surface area contributed by atoms with Gasteiger partial charge in [-0.3, -0.25) is 10.1 Å². The Kier molecular flexibility index (Phi) is 4.88. The second-order valence-corrected chi connectivity index (χ2v) is 7.64. The van der Waals surface area contributed by atoms with Gasteiger partial charge in [-0.2, -0.15) is 0 Å². The average Bonchev–Trinajstić information content (AvgIpc) is 3.05. The predicted molar refractivity (Wildman–Crippen MR) is 85.8 cm³/mol. The van der Waals surface area contributed by atoms with Gasteiger partial charge in [0.15, 0.2) is 0 Å². The fourth-order valence-electron chi connectivity index (χ4n) is 4.32. The summed E-state index contributed by atoms with van der Waals surface area (Å²) in [4.78, 5) is 15.1. The Morgan fingerprint density at radius 1 is 1.19 bits per heavy atom. The average molecular weight is 292 g/mol. The SMILES string of the molecule is CCC(C)C1NC(C2CCCC2)N(CCC2CCC2)C1=O. The van der Waals surface area contributed by atoms with Gasteiger partial charge in [-0.15, -0.1) is 0 Å². The van der Waals surface area contributed by atoms with E-state index in [1.807, 2.05) is 0 Å². The Hall–Kier alpha value is -0.570. The van der Waals surface area contributed by atoms with E-state index in [4.69, 9.17) is 0 Å². The minimum absolute atomic E-state index is 0.0713. The Bertz CT molecular complexity index is 360. The van der Waals surface area contributed by atoms with Gasteiger partial charge in [0.2, 0.25) is 5.91 Å². The highest BCUT2D eigenvalue weighted by Crippen LogP contribution is 2.35. The second kappa shape index (κ2) is 6.68. The molecular weight excluding hydrogens is 260 g/mol. The Balaban J connectivity index is 1.66. The lowest BCUT2D eigenvalue weighted by molar-refractivity contribution is -0.131. The monoisotopic (exact) mass is 292 g/mol. The van der Waals surface area contributed by atoms with Crippen LogP contribution in [0.1, 0.15) is 71.6 Å². The topological polar surface area (TPSA) is 32.3 Å². The van der Waals surface area contributed by atoms with Crippen LogP contribution in [-0.4, -0.2) is 29.6 Å². The van der Waals surface area contributed by atoms with Gasteiger partial charge in [0.1, 0.15) is 0 Å². The summed E-state index contributed by atoms with van der Waals surface area (Å²) in [6, 6.07) is 0.0713. The quantitative estimate of drug-likeness (QED) is 0.812. The molecule has 1 aliphatic heterocycles.